The summed E-state index contributed by atoms with van der Waals surface area (Å²) < 4.78 is 41.5. The molecule has 4 rings (SSSR count). The minimum absolute atomic E-state index is 0.0738. The molecule has 242 valence electrons. The van der Waals surface area contributed by atoms with Crippen LogP contribution in [0, 0.1) is 22.7 Å². The van der Waals surface area contributed by atoms with Crippen molar-refractivity contribution >= 4 is 29.4 Å². The van der Waals surface area contributed by atoms with Gasteiger partial charge >= 0.3 is 6.18 Å². The summed E-state index contributed by atoms with van der Waals surface area (Å²) in [5.74, 6) is -1.10. The van der Waals surface area contributed by atoms with Gasteiger partial charge in [0.15, 0.2) is 5.96 Å². The van der Waals surface area contributed by atoms with Crippen LogP contribution in [0.2, 0.25) is 0 Å². The van der Waals surface area contributed by atoms with Crippen molar-refractivity contribution in [3.05, 3.63) is 47.3 Å². The summed E-state index contributed by atoms with van der Waals surface area (Å²) in [6, 6.07) is 10.0. The molecule has 12 nitrogen and oxygen atoms in total. The second kappa shape index (κ2) is 15.4. The lowest BCUT2D eigenvalue weighted by molar-refractivity contribution is -0.144. The molecule has 45 heavy (non-hydrogen) atoms. The highest BCUT2D eigenvalue weighted by Gasteiger charge is 2.40. The summed E-state index contributed by atoms with van der Waals surface area (Å²) in [4.78, 5) is 36.0. The van der Waals surface area contributed by atoms with Crippen molar-refractivity contribution in [2.45, 2.75) is 57.2 Å². The highest BCUT2D eigenvalue weighted by atomic mass is 19.4. The van der Waals surface area contributed by atoms with Crippen LogP contribution >= 0.6 is 0 Å². The number of benzene rings is 1. The lowest BCUT2D eigenvalue weighted by atomic mass is 9.91. The molecule has 2 aliphatic rings. The van der Waals surface area contributed by atoms with Gasteiger partial charge in [0.1, 0.15) is 17.7 Å². The molecule has 2 aliphatic heterocycles. The van der Waals surface area contributed by atoms with E-state index in [0.717, 1.165) is 24.8 Å². The molecule has 0 bridgehead atoms. The van der Waals surface area contributed by atoms with Crippen LogP contribution in [0.1, 0.15) is 55.5 Å². The first kappa shape index (κ1) is 33.3. The van der Waals surface area contributed by atoms with E-state index in [1.807, 2.05) is 17.0 Å². The second-order valence-corrected chi connectivity index (χ2v) is 11.3. The summed E-state index contributed by atoms with van der Waals surface area (Å²) in [6.07, 6.45) is -0.229. The number of halogens is 3. The first-order valence-corrected chi connectivity index (χ1v) is 15.1. The Labute approximate surface area is 260 Å². The fourth-order valence-electron chi connectivity index (χ4n) is 5.48. The van der Waals surface area contributed by atoms with E-state index in [-0.39, 0.29) is 29.4 Å². The lowest BCUT2D eigenvalue weighted by Crippen LogP contribution is -2.57. The Hall–Kier alpha value is -4.61. The van der Waals surface area contributed by atoms with Crippen LogP contribution in [-0.2, 0) is 22.2 Å². The number of piperidine rings is 1. The number of rotatable bonds is 13. The topological polar surface area (TPSA) is 176 Å². The lowest BCUT2D eigenvalue weighted by Gasteiger charge is -2.41. The number of anilines is 2. The summed E-state index contributed by atoms with van der Waals surface area (Å²) in [6.45, 7) is 2.58. The largest absolute Gasteiger partial charge is 0.451 e. The third-order valence-corrected chi connectivity index (χ3v) is 8.08. The van der Waals surface area contributed by atoms with Crippen LogP contribution in [0.25, 0.3) is 0 Å². The van der Waals surface area contributed by atoms with Crippen LogP contribution in [0.15, 0.2) is 30.3 Å². The van der Waals surface area contributed by atoms with Gasteiger partial charge in [0.2, 0.25) is 17.6 Å². The quantitative estimate of drug-likeness (QED) is 0.127. The van der Waals surface area contributed by atoms with Gasteiger partial charge in [-0.25, -0.2) is 9.97 Å². The van der Waals surface area contributed by atoms with E-state index < -0.39 is 18.0 Å². The van der Waals surface area contributed by atoms with E-state index in [1.165, 1.54) is 6.07 Å². The van der Waals surface area contributed by atoms with Crippen LogP contribution in [0.5, 0.6) is 0 Å². The van der Waals surface area contributed by atoms with E-state index in [1.54, 1.807) is 17.0 Å². The Morgan fingerprint density at radius 1 is 1.00 bits per heavy atom. The predicted octanol–water partition coefficient (Wildman–Crippen LogP) is 2.29. The van der Waals surface area contributed by atoms with E-state index in [4.69, 9.17) is 16.4 Å². The maximum absolute atomic E-state index is 13.8. The van der Waals surface area contributed by atoms with Crippen LogP contribution in [0.4, 0.5) is 24.8 Å². The molecule has 2 saturated heterocycles. The average molecular weight is 629 g/mol. The Morgan fingerprint density at radius 2 is 1.69 bits per heavy atom. The number of nitrogens with one attached hydrogen (secondary N) is 4. The fraction of sp³-hybridized carbons (Fsp3) is 0.533. The molecule has 1 aromatic carbocycles. The van der Waals surface area contributed by atoms with Crippen molar-refractivity contribution in [3.8, 4) is 6.07 Å². The fourth-order valence-corrected chi connectivity index (χ4v) is 5.48. The number of carbonyl (C=O) groups is 2. The van der Waals surface area contributed by atoms with Crippen molar-refractivity contribution in [2.24, 2.45) is 11.7 Å². The number of aromatic nitrogens is 2. The molecular formula is C30H39F3N10O2. The number of amides is 2. The first-order valence-electron chi connectivity index (χ1n) is 15.1. The Bertz CT molecular complexity index is 1370. The summed E-state index contributed by atoms with van der Waals surface area (Å²) in [7, 11) is 0. The summed E-state index contributed by atoms with van der Waals surface area (Å²) >= 11 is 0. The van der Waals surface area contributed by atoms with Crippen molar-refractivity contribution < 1.29 is 22.8 Å². The van der Waals surface area contributed by atoms with Gasteiger partial charge in [-0.2, -0.15) is 18.4 Å². The molecule has 15 heteroatoms. The highest BCUT2D eigenvalue weighted by Crippen LogP contribution is 2.34. The second-order valence-electron chi connectivity index (χ2n) is 11.3. The minimum atomic E-state index is -4.74. The Morgan fingerprint density at radius 3 is 2.31 bits per heavy atom. The van der Waals surface area contributed by atoms with Gasteiger partial charge in [0.05, 0.1) is 11.6 Å². The molecular weight excluding hydrogens is 589 g/mol. The molecule has 2 amide bonds. The van der Waals surface area contributed by atoms with Gasteiger partial charge in [-0.15, -0.1) is 0 Å². The van der Waals surface area contributed by atoms with Crippen molar-refractivity contribution in [3.63, 3.8) is 0 Å². The van der Waals surface area contributed by atoms with E-state index in [2.05, 4.69) is 32.0 Å². The van der Waals surface area contributed by atoms with Crippen molar-refractivity contribution in [2.75, 3.05) is 49.1 Å². The SMILES string of the molecule is N#Cc1ccc(CCNC(=O)C2CCN2c2cc(N3CCC(CCCC(=O)NCCNC(=N)N)CC3)nc(C(F)(F)F)n2)cc1. The van der Waals surface area contributed by atoms with E-state index in [0.29, 0.717) is 76.4 Å². The van der Waals surface area contributed by atoms with Crippen LogP contribution in [-0.4, -0.2) is 73.1 Å². The molecule has 1 aromatic heterocycles. The van der Waals surface area contributed by atoms with E-state index >= 15 is 0 Å². The molecule has 2 fully saturated rings. The molecule has 1 unspecified atom stereocenters. The number of nitrogens with two attached hydrogens (primary N) is 1. The Kier molecular flexibility index (Phi) is 11.4. The van der Waals surface area contributed by atoms with Gasteiger partial charge in [-0.3, -0.25) is 15.0 Å². The molecule has 3 heterocycles. The molecule has 0 aliphatic carbocycles. The molecule has 0 saturated carbocycles. The van der Waals surface area contributed by atoms with Crippen molar-refractivity contribution in [1.82, 2.24) is 25.9 Å². The minimum Gasteiger partial charge on any atom is -0.370 e. The number of nitriles is 1. The summed E-state index contributed by atoms with van der Waals surface area (Å²) in [5.41, 5.74) is 6.71. The van der Waals surface area contributed by atoms with Gasteiger partial charge in [-0.05, 0) is 62.1 Å². The van der Waals surface area contributed by atoms with Crippen molar-refractivity contribution in [1.29, 1.82) is 10.7 Å². The first-order chi connectivity index (χ1) is 21.5. The molecule has 0 spiro atoms. The maximum Gasteiger partial charge on any atom is 0.451 e. The van der Waals surface area contributed by atoms with Crippen LogP contribution < -0.4 is 31.5 Å². The van der Waals surface area contributed by atoms with Gasteiger partial charge in [-0.1, -0.05) is 12.1 Å². The molecule has 0 radical (unpaired) electrons. The maximum atomic E-state index is 13.8. The van der Waals surface area contributed by atoms with Gasteiger partial charge < -0.3 is 31.5 Å². The number of nitrogens with zero attached hydrogens (tertiary/aromatic N) is 5. The number of hydrogen-bond donors (Lipinski definition) is 5. The summed E-state index contributed by atoms with van der Waals surface area (Å²) in [5, 5.41) is 24.3. The number of carbonyl (C=O) groups excluding carboxylic acids is 2. The normalized spacial score (nSPS) is 16.8. The molecule has 2 aromatic rings. The molecule has 1 atom stereocenters. The number of hydrogen-bond acceptors (Lipinski definition) is 8. The third-order valence-electron chi connectivity index (χ3n) is 8.08. The zero-order valence-corrected chi connectivity index (χ0v) is 25.0. The van der Waals surface area contributed by atoms with Gasteiger partial charge in [0.25, 0.3) is 0 Å². The standard InChI is InChI=1S/C30H39F3N10O2/c31-30(32,33)28-40-24(42-15-9-20(10-16-42)2-1-3-26(44)37-13-14-39-29(35)36)18-25(41-28)43-17-11-23(43)27(45)38-12-8-21-4-6-22(19-34)7-5-21/h4-7,18,20,23H,1-3,8-17H2,(H,37,44)(H,38,45)(H4,35,36,39). The zero-order chi connectivity index (χ0) is 32.4. The smallest absolute Gasteiger partial charge is 0.370 e. The number of alkyl halides is 3. The molecule has 6 N–H and O–H groups in total. The monoisotopic (exact) mass is 628 g/mol. The van der Waals surface area contributed by atoms with Crippen LogP contribution in [0.3, 0.4) is 0 Å². The predicted molar refractivity (Wildman–Crippen MR) is 162 cm³/mol. The van der Waals surface area contributed by atoms with Gasteiger partial charge in [0, 0.05) is 51.8 Å². The average Bonchev–Trinajstić information content (AvgIpc) is 2.99. The van der Waals surface area contributed by atoms with E-state index in [9.17, 15) is 22.8 Å². The Balaban J connectivity index is 1.29. The number of guanidine groups is 1. The third kappa shape index (κ3) is 9.69. The highest BCUT2D eigenvalue weighted by molar-refractivity contribution is 5.86. The zero-order valence-electron chi connectivity index (χ0n) is 25.0.